The molecular formula is C9H16O3. The van der Waals surface area contributed by atoms with Gasteiger partial charge in [0.05, 0.1) is 0 Å². The minimum atomic E-state index is -0.710. The summed E-state index contributed by atoms with van der Waals surface area (Å²) in [6.45, 7) is 8.08. The highest BCUT2D eigenvalue weighted by Gasteiger charge is 2.16. The molecule has 0 unspecified atom stereocenters. The Bertz CT molecular complexity index is 137. The predicted octanol–water partition coefficient (Wildman–Crippen LogP) is 1.53. The van der Waals surface area contributed by atoms with Gasteiger partial charge in [-0.1, -0.05) is 6.08 Å². The van der Waals surface area contributed by atoms with Gasteiger partial charge in [-0.3, -0.25) is 4.79 Å². The fourth-order valence-corrected chi connectivity index (χ4v) is 0.775. The first kappa shape index (κ1) is 11.3. The van der Waals surface area contributed by atoms with Crippen LogP contribution in [-0.2, 0) is 14.3 Å². The van der Waals surface area contributed by atoms with Crippen molar-refractivity contribution in [1.29, 1.82) is 0 Å². The smallest absolute Gasteiger partial charge is 0.218 e. The quantitative estimate of drug-likeness (QED) is 0.431. The van der Waals surface area contributed by atoms with Gasteiger partial charge in [-0.15, -0.1) is 6.58 Å². The lowest BCUT2D eigenvalue weighted by Crippen LogP contribution is -2.27. The molecule has 0 aromatic heterocycles. The van der Waals surface area contributed by atoms with Crippen molar-refractivity contribution in [3.8, 4) is 0 Å². The van der Waals surface area contributed by atoms with Crippen molar-refractivity contribution >= 4 is 5.78 Å². The maximum absolute atomic E-state index is 11.2. The molecule has 0 bridgehead atoms. The summed E-state index contributed by atoms with van der Waals surface area (Å²) in [4.78, 5) is 11.2. The van der Waals surface area contributed by atoms with E-state index in [0.717, 1.165) is 0 Å². The number of hydrogen-bond acceptors (Lipinski definition) is 3. The molecular weight excluding hydrogens is 156 g/mol. The molecule has 0 radical (unpaired) electrons. The number of carbonyl (C=O) groups is 1. The third-order valence-electron chi connectivity index (χ3n) is 1.24. The second kappa shape index (κ2) is 7.00. The average Bonchev–Trinajstić information content (AvgIpc) is 2.04. The molecule has 0 aliphatic heterocycles. The minimum absolute atomic E-state index is 0.0753. The van der Waals surface area contributed by atoms with Crippen LogP contribution in [0.3, 0.4) is 0 Å². The first-order valence-corrected chi connectivity index (χ1v) is 4.13. The van der Waals surface area contributed by atoms with Gasteiger partial charge in [-0.25, -0.2) is 0 Å². The molecule has 0 aromatic carbocycles. The molecule has 0 fully saturated rings. The topological polar surface area (TPSA) is 35.5 Å². The van der Waals surface area contributed by atoms with E-state index in [-0.39, 0.29) is 5.78 Å². The van der Waals surface area contributed by atoms with Crippen molar-refractivity contribution in [2.75, 3.05) is 13.2 Å². The fraction of sp³-hybridized carbons (Fsp3) is 0.667. The lowest BCUT2D eigenvalue weighted by molar-refractivity contribution is -0.167. The molecule has 3 heteroatoms. The molecule has 0 saturated carbocycles. The Kier molecular flexibility index (Phi) is 6.61. The molecule has 0 aromatic rings. The van der Waals surface area contributed by atoms with Crippen molar-refractivity contribution in [2.24, 2.45) is 0 Å². The van der Waals surface area contributed by atoms with Gasteiger partial charge in [-0.2, -0.15) is 0 Å². The summed E-state index contributed by atoms with van der Waals surface area (Å²) in [6, 6.07) is 0. The van der Waals surface area contributed by atoms with Gasteiger partial charge in [0.2, 0.25) is 6.29 Å². The van der Waals surface area contributed by atoms with Gasteiger partial charge >= 0.3 is 0 Å². The van der Waals surface area contributed by atoms with E-state index in [9.17, 15) is 4.79 Å². The monoisotopic (exact) mass is 172 g/mol. The van der Waals surface area contributed by atoms with Crippen LogP contribution in [0, 0.1) is 0 Å². The van der Waals surface area contributed by atoms with Crippen molar-refractivity contribution in [2.45, 2.75) is 26.6 Å². The van der Waals surface area contributed by atoms with Crippen molar-refractivity contribution < 1.29 is 14.3 Å². The molecule has 3 nitrogen and oxygen atoms in total. The highest BCUT2D eigenvalue weighted by Crippen LogP contribution is 2.00. The number of ketones is 1. The molecule has 0 spiro atoms. The molecule has 12 heavy (non-hydrogen) atoms. The summed E-state index contributed by atoms with van der Waals surface area (Å²) in [5, 5.41) is 0. The number of allylic oxidation sites excluding steroid dienone is 1. The van der Waals surface area contributed by atoms with E-state index < -0.39 is 6.29 Å². The van der Waals surface area contributed by atoms with Crippen molar-refractivity contribution in [3.63, 3.8) is 0 Å². The van der Waals surface area contributed by atoms with E-state index in [4.69, 9.17) is 9.47 Å². The van der Waals surface area contributed by atoms with Crippen molar-refractivity contribution in [1.82, 2.24) is 0 Å². The second-order valence-electron chi connectivity index (χ2n) is 2.20. The molecule has 70 valence electrons. The number of Topliss-reactive ketones (excluding diaryl/α,β-unsaturated/α-hetero) is 1. The van der Waals surface area contributed by atoms with Crippen LogP contribution in [0.25, 0.3) is 0 Å². The largest absolute Gasteiger partial charge is 0.346 e. The first-order valence-electron chi connectivity index (χ1n) is 4.13. The zero-order chi connectivity index (χ0) is 9.40. The van der Waals surface area contributed by atoms with Gasteiger partial charge in [-0.05, 0) is 13.8 Å². The standard InChI is InChI=1S/C9H16O3/c1-4-7-8(10)9(11-5-2)12-6-3/h4,9H,1,5-7H2,2-3H3. The molecule has 0 rings (SSSR count). The van der Waals surface area contributed by atoms with Crippen molar-refractivity contribution in [3.05, 3.63) is 12.7 Å². The Morgan fingerprint density at radius 1 is 1.42 bits per heavy atom. The van der Waals surface area contributed by atoms with Crippen LogP contribution < -0.4 is 0 Å². The van der Waals surface area contributed by atoms with Crippen LogP contribution in [0.2, 0.25) is 0 Å². The Labute approximate surface area is 73.4 Å². The molecule has 0 N–H and O–H groups in total. The van der Waals surface area contributed by atoms with Crippen LogP contribution >= 0.6 is 0 Å². The molecule has 0 amide bonds. The van der Waals surface area contributed by atoms with Gasteiger partial charge < -0.3 is 9.47 Å². The van der Waals surface area contributed by atoms with E-state index in [1.165, 1.54) is 0 Å². The number of ether oxygens (including phenoxy) is 2. The molecule has 0 aliphatic rings. The maximum Gasteiger partial charge on any atom is 0.218 e. The summed E-state index contributed by atoms with van der Waals surface area (Å²) >= 11 is 0. The SMILES string of the molecule is C=CCC(=O)C(OCC)OCC. The molecule has 0 aliphatic carbocycles. The summed E-state index contributed by atoms with van der Waals surface area (Å²) in [5.41, 5.74) is 0. The van der Waals surface area contributed by atoms with E-state index in [0.29, 0.717) is 19.6 Å². The maximum atomic E-state index is 11.2. The Hall–Kier alpha value is -0.670. The number of rotatable bonds is 7. The first-order chi connectivity index (χ1) is 5.76. The third-order valence-corrected chi connectivity index (χ3v) is 1.24. The highest BCUT2D eigenvalue weighted by atomic mass is 16.7. The van der Waals surface area contributed by atoms with Gasteiger partial charge in [0.25, 0.3) is 0 Å². The second-order valence-corrected chi connectivity index (χ2v) is 2.20. The lowest BCUT2D eigenvalue weighted by atomic mass is 10.3. The van der Waals surface area contributed by atoms with Gasteiger partial charge in [0, 0.05) is 19.6 Å². The summed E-state index contributed by atoms with van der Waals surface area (Å²) in [7, 11) is 0. The molecule has 0 saturated heterocycles. The van der Waals surface area contributed by atoms with E-state index in [2.05, 4.69) is 6.58 Å². The van der Waals surface area contributed by atoms with Crippen LogP contribution in [0.15, 0.2) is 12.7 Å². The van der Waals surface area contributed by atoms with E-state index >= 15 is 0 Å². The fourth-order valence-electron chi connectivity index (χ4n) is 0.775. The summed E-state index contributed by atoms with van der Waals surface area (Å²) in [6.07, 6.45) is 1.14. The zero-order valence-electron chi connectivity index (χ0n) is 7.71. The van der Waals surface area contributed by atoms with E-state index in [1.807, 2.05) is 13.8 Å². The Morgan fingerprint density at radius 3 is 2.25 bits per heavy atom. The Morgan fingerprint density at radius 2 is 1.92 bits per heavy atom. The third kappa shape index (κ3) is 4.26. The van der Waals surface area contributed by atoms with Crippen LogP contribution in [0.1, 0.15) is 20.3 Å². The van der Waals surface area contributed by atoms with Gasteiger partial charge in [0.15, 0.2) is 5.78 Å². The summed E-state index contributed by atoms with van der Waals surface area (Å²) in [5.74, 6) is -0.0753. The van der Waals surface area contributed by atoms with Crippen LogP contribution in [0.5, 0.6) is 0 Å². The average molecular weight is 172 g/mol. The minimum Gasteiger partial charge on any atom is -0.346 e. The van der Waals surface area contributed by atoms with Crippen LogP contribution in [0.4, 0.5) is 0 Å². The highest BCUT2D eigenvalue weighted by molar-refractivity contribution is 5.83. The number of carbonyl (C=O) groups excluding carboxylic acids is 1. The normalized spacial score (nSPS) is 10.2. The van der Waals surface area contributed by atoms with Gasteiger partial charge in [0.1, 0.15) is 0 Å². The Balaban J connectivity index is 3.89. The lowest BCUT2D eigenvalue weighted by Gasteiger charge is -2.14. The summed E-state index contributed by atoms with van der Waals surface area (Å²) < 4.78 is 10.2. The molecule has 0 heterocycles. The van der Waals surface area contributed by atoms with E-state index in [1.54, 1.807) is 6.08 Å². The number of hydrogen-bond donors (Lipinski definition) is 0. The van der Waals surface area contributed by atoms with Crippen LogP contribution in [-0.4, -0.2) is 25.3 Å². The predicted molar refractivity (Wildman–Crippen MR) is 46.9 cm³/mol. The molecule has 0 atom stereocenters. The zero-order valence-corrected chi connectivity index (χ0v) is 7.71.